The molecule has 1 fully saturated rings. The number of nitrogens with zero attached hydrogens (tertiary/aromatic N) is 1. The van der Waals surface area contributed by atoms with Gasteiger partial charge in [-0.15, -0.1) is 0 Å². The molecule has 2 rings (SSSR count). The van der Waals surface area contributed by atoms with E-state index in [0.29, 0.717) is 17.1 Å². The van der Waals surface area contributed by atoms with Crippen molar-refractivity contribution in [2.24, 2.45) is 0 Å². The van der Waals surface area contributed by atoms with Gasteiger partial charge in [0.05, 0.1) is 13.2 Å². The smallest absolute Gasteiger partial charge is 0.334 e. The fraction of sp³-hybridized carbons (Fsp3) is 0.333. The number of aliphatic hydroxyl groups excluding tert-OH is 1. The highest BCUT2D eigenvalue weighted by molar-refractivity contribution is 6.19. The quantitative estimate of drug-likeness (QED) is 0.470. The molecule has 1 atom stereocenters. The minimum absolute atomic E-state index is 0.114. The Kier molecular flexibility index (Phi) is 6.88. The lowest BCUT2D eigenvalue weighted by atomic mass is 10.2. The monoisotopic (exact) mass is 322 g/mol. The zero-order valence-corrected chi connectivity index (χ0v) is 12.8. The molecule has 0 saturated carbocycles. The summed E-state index contributed by atoms with van der Waals surface area (Å²) in [6.07, 6.45) is -0.991. The Morgan fingerprint density at radius 3 is 2.30 bits per heavy atom. The first kappa shape index (κ1) is 18.3. The van der Waals surface area contributed by atoms with Gasteiger partial charge in [0.2, 0.25) is 0 Å². The van der Waals surface area contributed by atoms with E-state index in [2.05, 4.69) is 10.1 Å². The topological polar surface area (TPSA) is 113 Å². The number of carbonyl (C=O) groups excluding carboxylic acids is 4. The molecule has 1 aliphatic rings. The summed E-state index contributed by atoms with van der Waals surface area (Å²) >= 11 is 0. The maximum absolute atomic E-state index is 11.7. The van der Waals surface area contributed by atoms with Crippen LogP contribution in [0.15, 0.2) is 30.3 Å². The molecule has 1 unspecified atom stereocenters. The van der Waals surface area contributed by atoms with E-state index >= 15 is 0 Å². The molecule has 0 spiro atoms. The molecule has 0 aromatic heterocycles. The van der Waals surface area contributed by atoms with Gasteiger partial charge < -0.3 is 15.2 Å². The number of hydrogen-bond donors (Lipinski definition) is 2. The second kappa shape index (κ2) is 8.64. The molecule has 4 amide bonds. The minimum Gasteiger partial charge on any atom is -0.464 e. The lowest BCUT2D eigenvalue weighted by Crippen LogP contribution is -2.36. The molecule has 1 aromatic rings. The van der Waals surface area contributed by atoms with Crippen molar-refractivity contribution >= 4 is 23.8 Å². The lowest BCUT2D eigenvalue weighted by molar-refractivity contribution is -0.151. The zero-order chi connectivity index (χ0) is 17.4. The Morgan fingerprint density at radius 2 is 1.91 bits per heavy atom. The highest BCUT2D eigenvalue weighted by Gasteiger charge is 2.34. The van der Waals surface area contributed by atoms with Crippen LogP contribution in [0.4, 0.5) is 4.79 Å². The molecule has 2 N–H and O–H groups in total. The number of ether oxygens (including phenoxy) is 1. The number of benzene rings is 1. The average Bonchev–Trinajstić information content (AvgIpc) is 2.87. The van der Waals surface area contributed by atoms with Crippen LogP contribution in [-0.4, -0.2) is 53.1 Å². The van der Waals surface area contributed by atoms with E-state index in [0.717, 1.165) is 0 Å². The fourth-order valence-electron chi connectivity index (χ4n) is 1.60. The van der Waals surface area contributed by atoms with Crippen molar-refractivity contribution < 1.29 is 29.0 Å². The average molecular weight is 322 g/mol. The van der Waals surface area contributed by atoms with Crippen LogP contribution >= 0.6 is 0 Å². The van der Waals surface area contributed by atoms with Crippen molar-refractivity contribution in [3.63, 3.8) is 0 Å². The number of carbonyl (C=O) groups is 4. The van der Waals surface area contributed by atoms with Gasteiger partial charge in [-0.25, -0.2) is 9.59 Å². The van der Waals surface area contributed by atoms with E-state index in [9.17, 15) is 19.2 Å². The maximum atomic E-state index is 11.7. The number of aliphatic hydroxyl groups is 1. The summed E-state index contributed by atoms with van der Waals surface area (Å²) in [7, 11) is 0. The van der Waals surface area contributed by atoms with Crippen molar-refractivity contribution in [3.05, 3.63) is 35.9 Å². The molecule has 1 aliphatic heterocycles. The van der Waals surface area contributed by atoms with Gasteiger partial charge in [0.25, 0.3) is 11.8 Å². The zero-order valence-electron chi connectivity index (χ0n) is 12.8. The summed E-state index contributed by atoms with van der Waals surface area (Å²) in [5.41, 5.74) is 0.322. The third-order valence-electron chi connectivity index (χ3n) is 2.69. The molecule has 1 aromatic carbocycles. The number of nitrogens with one attached hydrogen (secondary N) is 1. The predicted molar refractivity (Wildman–Crippen MR) is 79.3 cm³/mol. The number of rotatable bonds is 3. The Hall–Kier alpha value is -2.74. The molecule has 0 aliphatic carbocycles. The van der Waals surface area contributed by atoms with Crippen molar-refractivity contribution in [1.29, 1.82) is 0 Å². The van der Waals surface area contributed by atoms with Gasteiger partial charge in [-0.3, -0.25) is 9.59 Å². The Balaban J connectivity index is 0.000000284. The van der Waals surface area contributed by atoms with Crippen LogP contribution in [0.5, 0.6) is 0 Å². The van der Waals surface area contributed by atoms with Crippen molar-refractivity contribution in [1.82, 2.24) is 10.2 Å². The van der Waals surface area contributed by atoms with Gasteiger partial charge in [0.1, 0.15) is 6.10 Å². The molecule has 8 heteroatoms. The van der Waals surface area contributed by atoms with Gasteiger partial charge in [-0.2, -0.15) is 4.90 Å². The van der Waals surface area contributed by atoms with Crippen LogP contribution in [0.2, 0.25) is 0 Å². The molecule has 0 radical (unpaired) electrons. The van der Waals surface area contributed by atoms with Gasteiger partial charge >= 0.3 is 12.0 Å². The Bertz CT molecular complexity index is 569. The van der Waals surface area contributed by atoms with Crippen LogP contribution in [0.25, 0.3) is 0 Å². The summed E-state index contributed by atoms with van der Waals surface area (Å²) in [6, 6.07) is 7.55. The summed E-state index contributed by atoms with van der Waals surface area (Å²) in [5, 5.41) is 10.8. The first-order valence-corrected chi connectivity index (χ1v) is 6.93. The summed E-state index contributed by atoms with van der Waals surface area (Å²) < 4.78 is 4.41. The third-order valence-corrected chi connectivity index (χ3v) is 2.69. The predicted octanol–water partition coefficient (Wildman–Crippen LogP) is 0.309. The second-order valence-corrected chi connectivity index (χ2v) is 4.49. The van der Waals surface area contributed by atoms with Crippen LogP contribution in [0.1, 0.15) is 24.2 Å². The van der Waals surface area contributed by atoms with Crippen LogP contribution in [0, 0.1) is 0 Å². The maximum Gasteiger partial charge on any atom is 0.334 e. The second-order valence-electron chi connectivity index (χ2n) is 4.49. The van der Waals surface area contributed by atoms with Gasteiger partial charge in [-0.05, 0) is 26.0 Å². The summed E-state index contributed by atoms with van der Waals surface area (Å²) in [5.74, 6) is -1.67. The molecule has 8 nitrogen and oxygen atoms in total. The Morgan fingerprint density at radius 1 is 1.30 bits per heavy atom. The van der Waals surface area contributed by atoms with Crippen LogP contribution in [0.3, 0.4) is 0 Å². The number of urea groups is 1. The van der Waals surface area contributed by atoms with E-state index in [1.165, 1.54) is 6.92 Å². The lowest BCUT2D eigenvalue weighted by Gasteiger charge is -2.09. The number of amides is 4. The number of esters is 1. The molecule has 0 bridgehead atoms. The van der Waals surface area contributed by atoms with Crippen molar-refractivity contribution in [2.45, 2.75) is 20.0 Å². The van der Waals surface area contributed by atoms with E-state index in [1.807, 2.05) is 0 Å². The molecular weight excluding hydrogens is 304 g/mol. The Labute approximate surface area is 133 Å². The summed E-state index contributed by atoms with van der Waals surface area (Å²) in [6.45, 7) is 3.28. The summed E-state index contributed by atoms with van der Waals surface area (Å²) in [4.78, 5) is 45.0. The molecule has 124 valence electrons. The van der Waals surface area contributed by atoms with E-state index in [-0.39, 0.29) is 6.54 Å². The minimum atomic E-state index is -0.991. The highest BCUT2D eigenvalue weighted by atomic mass is 16.5. The van der Waals surface area contributed by atoms with E-state index in [1.54, 1.807) is 37.3 Å². The van der Waals surface area contributed by atoms with Gasteiger partial charge in [0.15, 0.2) is 0 Å². The SMILES string of the molecule is CCOC(=O)C(C)O.O=C1CNC(=O)N1C(=O)c1ccccc1. The highest BCUT2D eigenvalue weighted by Crippen LogP contribution is 2.08. The number of hydrogen-bond acceptors (Lipinski definition) is 6. The van der Waals surface area contributed by atoms with Gasteiger partial charge in [-0.1, -0.05) is 18.2 Å². The van der Waals surface area contributed by atoms with Crippen LogP contribution in [-0.2, 0) is 14.3 Å². The van der Waals surface area contributed by atoms with Crippen molar-refractivity contribution in [2.75, 3.05) is 13.2 Å². The van der Waals surface area contributed by atoms with Crippen LogP contribution < -0.4 is 5.32 Å². The van der Waals surface area contributed by atoms with Gasteiger partial charge in [0, 0.05) is 5.56 Å². The molecule has 23 heavy (non-hydrogen) atoms. The van der Waals surface area contributed by atoms with Crippen molar-refractivity contribution in [3.8, 4) is 0 Å². The normalized spacial score (nSPS) is 14.5. The van der Waals surface area contributed by atoms with E-state index in [4.69, 9.17) is 5.11 Å². The first-order chi connectivity index (χ1) is 10.9. The molecule has 1 saturated heterocycles. The van der Waals surface area contributed by atoms with E-state index < -0.39 is 29.9 Å². The first-order valence-electron chi connectivity index (χ1n) is 6.93. The molecular formula is C15H18N2O6. The molecule has 1 heterocycles. The third kappa shape index (κ3) is 5.19. The number of imide groups is 3. The standard InChI is InChI=1S/C10H8N2O3.C5H10O3/c13-8-6-11-10(15)12(8)9(14)7-4-2-1-3-5-7;1-3-8-5(7)4(2)6/h1-5H,6H2,(H,11,15);4,6H,3H2,1-2H3. The fourth-order valence-corrected chi connectivity index (χ4v) is 1.60. The largest absolute Gasteiger partial charge is 0.464 e.